The predicted octanol–water partition coefficient (Wildman–Crippen LogP) is 3.62. The van der Waals surface area contributed by atoms with Crippen LogP contribution in [0.2, 0.25) is 0 Å². The van der Waals surface area contributed by atoms with Gasteiger partial charge in [-0.05, 0) is 18.8 Å². The fourth-order valence-corrected chi connectivity index (χ4v) is 4.22. The standard InChI is InChI=1S/C20H25N3O2/c1-11-13-9-8-12-16(20(13,5)10-14(21-6)15(11)24)22-18(19(2,3)4)23-17(12)25-7/h10-11,13H,8-9H2,1-5,7H3/t11-,13-,20-/m0/s1. The van der Waals surface area contributed by atoms with E-state index in [1.165, 1.54) is 0 Å². The summed E-state index contributed by atoms with van der Waals surface area (Å²) >= 11 is 0. The number of ether oxygens (including phenoxy) is 1. The van der Waals surface area contributed by atoms with Gasteiger partial charge >= 0.3 is 0 Å². The van der Waals surface area contributed by atoms with Crippen LogP contribution in [0.5, 0.6) is 5.88 Å². The predicted molar refractivity (Wildman–Crippen MR) is 95.3 cm³/mol. The minimum absolute atomic E-state index is 0.0435. The first-order valence-corrected chi connectivity index (χ1v) is 8.74. The van der Waals surface area contributed by atoms with Gasteiger partial charge in [-0.15, -0.1) is 0 Å². The van der Waals surface area contributed by atoms with Gasteiger partial charge in [0.05, 0.1) is 19.4 Å². The van der Waals surface area contributed by atoms with Crippen molar-refractivity contribution in [1.82, 2.24) is 9.97 Å². The number of Topliss-reactive ketones (excluding diaryl/α,β-unsaturated/α-hetero) is 1. The summed E-state index contributed by atoms with van der Waals surface area (Å²) in [5.74, 6) is 1.28. The van der Waals surface area contributed by atoms with Crippen LogP contribution in [0.15, 0.2) is 11.8 Å². The largest absolute Gasteiger partial charge is 0.481 e. The third-order valence-corrected chi connectivity index (χ3v) is 5.65. The number of ketones is 1. The molecule has 0 aromatic carbocycles. The van der Waals surface area contributed by atoms with Crippen molar-refractivity contribution in [2.75, 3.05) is 7.11 Å². The molecule has 2 aliphatic carbocycles. The summed E-state index contributed by atoms with van der Waals surface area (Å²) in [5, 5.41) is 0. The molecule has 0 unspecified atom stereocenters. The minimum Gasteiger partial charge on any atom is -0.481 e. The lowest BCUT2D eigenvalue weighted by Gasteiger charge is -2.46. The van der Waals surface area contributed by atoms with E-state index >= 15 is 0 Å². The van der Waals surface area contributed by atoms with E-state index in [4.69, 9.17) is 16.3 Å². The molecule has 1 aromatic heterocycles. The Bertz CT molecular complexity index is 813. The Morgan fingerprint density at radius 3 is 2.60 bits per heavy atom. The molecule has 0 saturated carbocycles. The average molecular weight is 339 g/mol. The van der Waals surface area contributed by atoms with E-state index < -0.39 is 5.41 Å². The Hall–Kier alpha value is -2.22. The van der Waals surface area contributed by atoms with Gasteiger partial charge in [0.15, 0.2) is 5.78 Å². The van der Waals surface area contributed by atoms with Crippen LogP contribution in [-0.2, 0) is 22.0 Å². The van der Waals surface area contributed by atoms with Crippen molar-refractivity contribution in [3.63, 3.8) is 0 Å². The Morgan fingerprint density at radius 2 is 2.04 bits per heavy atom. The molecular formula is C20H25N3O2. The van der Waals surface area contributed by atoms with Gasteiger partial charge in [-0.3, -0.25) is 0 Å². The van der Waals surface area contributed by atoms with Crippen molar-refractivity contribution >= 4 is 5.78 Å². The molecule has 0 aliphatic heterocycles. The molecule has 2 aliphatic rings. The maximum atomic E-state index is 12.5. The SMILES string of the molecule is [C-]#[N+]C1=C[C@]2(C)c3nc(C(C)(C)C)nc(OC)c3CC[C@H]2[C@H](C)C1=O. The van der Waals surface area contributed by atoms with Gasteiger partial charge in [0.1, 0.15) is 5.82 Å². The highest BCUT2D eigenvalue weighted by molar-refractivity contribution is 6.00. The van der Waals surface area contributed by atoms with Crippen LogP contribution in [0.25, 0.3) is 4.85 Å². The summed E-state index contributed by atoms with van der Waals surface area (Å²) in [6.45, 7) is 17.7. The lowest BCUT2D eigenvalue weighted by Crippen LogP contribution is -2.46. The fraction of sp³-hybridized carbons (Fsp3) is 0.600. The highest BCUT2D eigenvalue weighted by atomic mass is 16.5. The van der Waals surface area contributed by atoms with Crippen molar-refractivity contribution in [2.24, 2.45) is 11.8 Å². The number of aromatic nitrogens is 2. The summed E-state index contributed by atoms with van der Waals surface area (Å²) in [6, 6.07) is 0. The number of carbonyl (C=O) groups is 1. The first-order chi connectivity index (χ1) is 11.6. The zero-order valence-electron chi connectivity index (χ0n) is 15.8. The van der Waals surface area contributed by atoms with Gasteiger partial charge in [-0.25, -0.2) is 9.83 Å². The molecule has 5 nitrogen and oxygen atoms in total. The summed E-state index contributed by atoms with van der Waals surface area (Å²) in [7, 11) is 1.64. The molecule has 5 heteroatoms. The molecule has 0 spiro atoms. The van der Waals surface area contributed by atoms with Gasteiger partial charge in [0, 0.05) is 22.3 Å². The van der Waals surface area contributed by atoms with Crippen LogP contribution in [0, 0.1) is 18.4 Å². The summed E-state index contributed by atoms with van der Waals surface area (Å²) in [5.41, 5.74) is 1.50. The topological polar surface area (TPSA) is 56.4 Å². The molecule has 0 saturated heterocycles. The molecule has 3 rings (SSSR count). The average Bonchev–Trinajstić information content (AvgIpc) is 2.56. The third kappa shape index (κ3) is 2.55. The number of nitrogens with zero attached hydrogens (tertiary/aromatic N) is 3. The van der Waals surface area contributed by atoms with E-state index in [9.17, 15) is 4.79 Å². The van der Waals surface area contributed by atoms with E-state index in [0.717, 1.165) is 29.9 Å². The lowest BCUT2D eigenvalue weighted by atomic mass is 9.58. The van der Waals surface area contributed by atoms with Crippen LogP contribution in [0.1, 0.15) is 58.1 Å². The van der Waals surface area contributed by atoms with Crippen LogP contribution in [0.4, 0.5) is 0 Å². The molecule has 0 amide bonds. The highest BCUT2D eigenvalue weighted by Crippen LogP contribution is 2.50. The Balaban J connectivity index is 2.30. The van der Waals surface area contributed by atoms with Crippen molar-refractivity contribution in [3.05, 3.63) is 40.3 Å². The fourth-order valence-electron chi connectivity index (χ4n) is 4.22. The molecule has 132 valence electrons. The molecule has 1 aromatic rings. The number of rotatable bonds is 1. The van der Waals surface area contributed by atoms with Crippen molar-refractivity contribution < 1.29 is 9.53 Å². The van der Waals surface area contributed by atoms with E-state index in [1.54, 1.807) is 7.11 Å². The van der Waals surface area contributed by atoms with Gasteiger partial charge in [-0.2, -0.15) is 4.98 Å². The number of methoxy groups -OCH3 is 1. The van der Waals surface area contributed by atoms with Gasteiger partial charge in [-0.1, -0.05) is 40.7 Å². The molecule has 0 N–H and O–H groups in total. The molecule has 25 heavy (non-hydrogen) atoms. The normalized spacial score (nSPS) is 28.5. The van der Waals surface area contributed by atoms with Crippen molar-refractivity contribution in [3.8, 4) is 5.88 Å². The summed E-state index contributed by atoms with van der Waals surface area (Å²) in [4.78, 5) is 25.5. The van der Waals surface area contributed by atoms with E-state index in [2.05, 4.69) is 37.5 Å². The minimum atomic E-state index is -0.447. The monoisotopic (exact) mass is 339 g/mol. The molecule has 1 heterocycles. The Morgan fingerprint density at radius 1 is 1.36 bits per heavy atom. The second-order valence-corrected chi connectivity index (χ2v) is 8.36. The first-order valence-electron chi connectivity index (χ1n) is 8.74. The van der Waals surface area contributed by atoms with Crippen molar-refractivity contribution in [1.29, 1.82) is 0 Å². The molecule has 0 radical (unpaired) electrons. The summed E-state index contributed by atoms with van der Waals surface area (Å²) < 4.78 is 5.58. The van der Waals surface area contributed by atoms with Crippen LogP contribution in [-0.4, -0.2) is 22.9 Å². The van der Waals surface area contributed by atoms with Crippen LogP contribution < -0.4 is 4.74 Å². The first kappa shape index (κ1) is 17.6. The number of carbonyl (C=O) groups excluding carboxylic acids is 1. The van der Waals surface area contributed by atoms with E-state index in [-0.39, 0.29) is 28.7 Å². The van der Waals surface area contributed by atoms with Crippen LogP contribution >= 0.6 is 0 Å². The van der Waals surface area contributed by atoms with E-state index in [0.29, 0.717) is 5.88 Å². The second-order valence-electron chi connectivity index (χ2n) is 8.36. The second kappa shape index (κ2) is 5.66. The van der Waals surface area contributed by atoms with Gasteiger partial charge in [0.2, 0.25) is 11.6 Å². The maximum absolute atomic E-state index is 12.5. The summed E-state index contributed by atoms with van der Waals surface area (Å²) in [6.07, 6.45) is 3.50. The zero-order valence-corrected chi connectivity index (χ0v) is 15.8. The Kier molecular flexibility index (Phi) is 3.98. The maximum Gasteiger partial charge on any atom is 0.226 e. The zero-order chi connectivity index (χ0) is 18.6. The number of hydrogen-bond donors (Lipinski definition) is 0. The van der Waals surface area contributed by atoms with E-state index in [1.807, 2.05) is 13.0 Å². The number of allylic oxidation sites excluding steroid dienone is 2. The molecule has 0 fully saturated rings. The number of fused-ring (bicyclic) bond motifs is 3. The van der Waals surface area contributed by atoms with Gasteiger partial charge < -0.3 is 9.53 Å². The smallest absolute Gasteiger partial charge is 0.226 e. The third-order valence-electron chi connectivity index (χ3n) is 5.65. The van der Waals surface area contributed by atoms with Gasteiger partial charge in [0.25, 0.3) is 0 Å². The van der Waals surface area contributed by atoms with Crippen LogP contribution in [0.3, 0.4) is 0 Å². The molecular weight excluding hydrogens is 314 g/mol. The number of hydrogen-bond acceptors (Lipinski definition) is 4. The lowest BCUT2D eigenvalue weighted by molar-refractivity contribution is -0.121. The molecule has 3 atom stereocenters. The molecule has 0 bridgehead atoms. The highest BCUT2D eigenvalue weighted by Gasteiger charge is 2.49. The van der Waals surface area contributed by atoms with Crippen molar-refractivity contribution in [2.45, 2.75) is 58.3 Å². The quantitative estimate of drug-likeness (QED) is 0.733. The Labute approximate surface area is 149 Å².